The molecule has 2 saturated heterocycles. The molecule has 3 fully saturated rings. The summed E-state index contributed by atoms with van der Waals surface area (Å²) in [5.41, 5.74) is 0.201. The first-order valence-corrected chi connectivity index (χ1v) is 11.2. The third-order valence-corrected chi connectivity index (χ3v) is 7.66. The highest BCUT2D eigenvalue weighted by Gasteiger charge is 2.49. The molecule has 26 heavy (non-hydrogen) atoms. The Morgan fingerprint density at radius 1 is 1.04 bits per heavy atom. The van der Waals surface area contributed by atoms with Gasteiger partial charge in [-0.1, -0.05) is 65.7 Å². The Morgan fingerprint density at radius 3 is 2.31 bits per heavy atom. The van der Waals surface area contributed by atoms with Crippen LogP contribution in [-0.2, 0) is 4.74 Å². The van der Waals surface area contributed by atoms with Crippen molar-refractivity contribution in [3.63, 3.8) is 0 Å². The number of amides is 1. The maximum atomic E-state index is 12.8. The highest BCUT2D eigenvalue weighted by molar-refractivity contribution is 5.71. The summed E-state index contributed by atoms with van der Waals surface area (Å²) in [6, 6.07) is 0.569. The Bertz CT molecular complexity index is 457. The fraction of sp³-hybridized carbons (Fsp3) is 0.955. The monoisotopic (exact) mass is 364 g/mol. The summed E-state index contributed by atoms with van der Waals surface area (Å²) in [6.45, 7) is 9.75. The second kappa shape index (κ2) is 8.95. The van der Waals surface area contributed by atoms with Crippen LogP contribution in [0.3, 0.4) is 0 Å². The largest absolute Gasteiger partial charge is 0.447 e. The van der Waals surface area contributed by atoms with Crippen LogP contribution in [0.2, 0.25) is 0 Å². The van der Waals surface area contributed by atoms with Gasteiger partial charge in [-0.15, -0.1) is 0 Å². The van der Waals surface area contributed by atoms with Gasteiger partial charge in [0.05, 0.1) is 6.04 Å². The minimum atomic E-state index is -0.0562. The molecular weight excluding hydrogens is 324 g/mol. The van der Waals surface area contributed by atoms with Crippen molar-refractivity contribution in [3.05, 3.63) is 0 Å². The summed E-state index contributed by atoms with van der Waals surface area (Å²) >= 11 is 0. The van der Waals surface area contributed by atoms with Gasteiger partial charge in [0.15, 0.2) is 0 Å². The summed E-state index contributed by atoms with van der Waals surface area (Å²) in [4.78, 5) is 15.0. The lowest BCUT2D eigenvalue weighted by Gasteiger charge is -2.44. The number of rotatable bonds is 2. The first kappa shape index (κ1) is 20.0. The van der Waals surface area contributed by atoms with E-state index < -0.39 is 0 Å². The summed E-state index contributed by atoms with van der Waals surface area (Å²) in [5, 5.41) is 3.55. The van der Waals surface area contributed by atoms with Crippen molar-refractivity contribution in [2.24, 2.45) is 17.3 Å². The van der Waals surface area contributed by atoms with Crippen molar-refractivity contribution >= 4 is 6.09 Å². The van der Waals surface area contributed by atoms with Gasteiger partial charge in [-0.25, -0.2) is 4.79 Å². The molecule has 0 bridgehead atoms. The Morgan fingerprint density at radius 2 is 1.65 bits per heavy atom. The molecule has 2 heterocycles. The smallest absolute Gasteiger partial charge is 0.410 e. The van der Waals surface area contributed by atoms with Gasteiger partial charge in [0.25, 0.3) is 0 Å². The molecule has 3 rings (SSSR count). The van der Waals surface area contributed by atoms with E-state index in [4.69, 9.17) is 4.74 Å². The summed E-state index contributed by atoms with van der Waals surface area (Å²) in [7, 11) is 0. The maximum Gasteiger partial charge on any atom is 0.410 e. The maximum absolute atomic E-state index is 12.8. The Kier molecular flexibility index (Phi) is 6.87. The standard InChI is InChI=1S/C22H40N2O2/c1-17-15-23-14-11-19(18(17)2)24-20(16-26-21(24)25)22(3)12-9-7-5-4-6-8-10-13-22/h17-20,23H,4-16H2,1-3H3. The van der Waals surface area contributed by atoms with Crippen molar-refractivity contribution in [1.29, 1.82) is 0 Å². The topological polar surface area (TPSA) is 41.6 Å². The molecule has 0 spiro atoms. The number of cyclic esters (lactones) is 1. The van der Waals surface area contributed by atoms with Crippen LogP contribution < -0.4 is 5.32 Å². The molecule has 4 heteroatoms. The number of nitrogens with one attached hydrogen (secondary N) is 1. The SMILES string of the molecule is CC1CNCCC(N2C(=O)OCC2C2(C)CCCCCCCCC2)C1C. The summed E-state index contributed by atoms with van der Waals surface area (Å²) in [5.74, 6) is 1.11. The predicted molar refractivity (Wildman–Crippen MR) is 106 cm³/mol. The third-order valence-electron chi connectivity index (χ3n) is 7.66. The van der Waals surface area contributed by atoms with Crippen LogP contribution in [0.15, 0.2) is 0 Å². The van der Waals surface area contributed by atoms with Crippen LogP contribution in [-0.4, -0.2) is 42.8 Å². The lowest BCUT2D eigenvalue weighted by atomic mass is 9.72. The fourth-order valence-electron chi connectivity index (χ4n) is 5.54. The molecule has 1 amide bonds. The van der Waals surface area contributed by atoms with E-state index in [9.17, 15) is 4.79 Å². The van der Waals surface area contributed by atoms with E-state index in [1.807, 2.05) is 0 Å². The van der Waals surface area contributed by atoms with Crippen LogP contribution in [0.5, 0.6) is 0 Å². The zero-order chi connectivity index (χ0) is 18.6. The minimum absolute atomic E-state index is 0.0562. The van der Waals surface area contributed by atoms with Crippen LogP contribution in [0.1, 0.15) is 85.0 Å². The van der Waals surface area contributed by atoms with E-state index in [1.165, 1.54) is 57.8 Å². The number of hydrogen-bond donors (Lipinski definition) is 1. The van der Waals surface area contributed by atoms with Gasteiger partial charge in [-0.2, -0.15) is 0 Å². The molecule has 1 N–H and O–H groups in total. The van der Waals surface area contributed by atoms with Gasteiger partial charge in [0.2, 0.25) is 0 Å². The van der Waals surface area contributed by atoms with Gasteiger partial charge < -0.3 is 10.1 Å². The zero-order valence-corrected chi connectivity index (χ0v) is 17.3. The average molecular weight is 365 g/mol. The van der Waals surface area contributed by atoms with E-state index in [0.29, 0.717) is 24.5 Å². The minimum Gasteiger partial charge on any atom is -0.447 e. The number of nitrogens with zero attached hydrogens (tertiary/aromatic N) is 1. The number of ether oxygens (including phenoxy) is 1. The van der Waals surface area contributed by atoms with Crippen molar-refractivity contribution in [2.75, 3.05) is 19.7 Å². The highest BCUT2D eigenvalue weighted by atomic mass is 16.6. The first-order chi connectivity index (χ1) is 12.5. The Labute approximate surface area is 160 Å². The fourth-order valence-corrected chi connectivity index (χ4v) is 5.54. The Hall–Kier alpha value is -0.770. The van der Waals surface area contributed by atoms with Crippen molar-refractivity contribution in [2.45, 2.75) is 97.1 Å². The Balaban J connectivity index is 1.80. The lowest BCUT2D eigenvalue weighted by molar-refractivity contribution is 0.0544. The van der Waals surface area contributed by atoms with E-state index in [1.54, 1.807) is 0 Å². The lowest BCUT2D eigenvalue weighted by Crippen LogP contribution is -2.53. The molecule has 1 saturated carbocycles. The normalized spacial score (nSPS) is 37.0. The predicted octanol–water partition coefficient (Wildman–Crippen LogP) is 4.97. The summed E-state index contributed by atoms with van der Waals surface area (Å²) < 4.78 is 5.67. The molecular formula is C22H40N2O2. The molecule has 4 atom stereocenters. The van der Waals surface area contributed by atoms with Crippen LogP contribution >= 0.6 is 0 Å². The second-order valence-electron chi connectivity index (χ2n) is 9.53. The van der Waals surface area contributed by atoms with E-state index in [-0.39, 0.29) is 17.6 Å². The number of hydrogen-bond acceptors (Lipinski definition) is 3. The second-order valence-corrected chi connectivity index (χ2v) is 9.53. The van der Waals surface area contributed by atoms with Gasteiger partial charge in [0, 0.05) is 6.04 Å². The molecule has 2 aliphatic heterocycles. The van der Waals surface area contributed by atoms with E-state index in [0.717, 1.165) is 19.5 Å². The quantitative estimate of drug-likeness (QED) is 0.752. The van der Waals surface area contributed by atoms with E-state index in [2.05, 4.69) is 31.0 Å². The average Bonchev–Trinajstić information content (AvgIpc) is 2.94. The molecule has 3 aliphatic rings. The molecule has 4 nitrogen and oxygen atoms in total. The molecule has 4 unspecified atom stereocenters. The molecule has 1 aliphatic carbocycles. The third kappa shape index (κ3) is 4.37. The summed E-state index contributed by atoms with van der Waals surface area (Å²) in [6.07, 6.45) is 12.9. The van der Waals surface area contributed by atoms with Gasteiger partial charge in [-0.3, -0.25) is 4.90 Å². The van der Waals surface area contributed by atoms with Crippen LogP contribution in [0.25, 0.3) is 0 Å². The van der Waals surface area contributed by atoms with Crippen LogP contribution in [0.4, 0.5) is 4.79 Å². The van der Waals surface area contributed by atoms with Gasteiger partial charge in [-0.05, 0) is 49.6 Å². The molecule has 0 aromatic heterocycles. The van der Waals surface area contributed by atoms with Crippen molar-refractivity contribution < 1.29 is 9.53 Å². The van der Waals surface area contributed by atoms with Crippen molar-refractivity contribution in [3.8, 4) is 0 Å². The van der Waals surface area contributed by atoms with Crippen molar-refractivity contribution in [1.82, 2.24) is 10.2 Å². The number of carbonyl (C=O) groups is 1. The molecule has 0 radical (unpaired) electrons. The molecule has 150 valence electrons. The van der Waals surface area contributed by atoms with E-state index >= 15 is 0 Å². The number of carbonyl (C=O) groups excluding carboxylic acids is 1. The zero-order valence-electron chi connectivity index (χ0n) is 17.3. The molecule has 0 aromatic carbocycles. The van der Waals surface area contributed by atoms with Gasteiger partial charge >= 0.3 is 6.09 Å². The van der Waals surface area contributed by atoms with Gasteiger partial charge in [0.1, 0.15) is 6.61 Å². The highest BCUT2D eigenvalue weighted by Crippen LogP contribution is 2.43. The molecule has 0 aromatic rings. The van der Waals surface area contributed by atoms with Crippen LogP contribution in [0, 0.1) is 17.3 Å². The first-order valence-electron chi connectivity index (χ1n) is 11.2.